The second kappa shape index (κ2) is 6.61. The molecule has 0 unspecified atom stereocenters. The molecule has 0 aromatic heterocycles. The molecule has 1 amide bonds. The van der Waals surface area contributed by atoms with Gasteiger partial charge in [-0.25, -0.2) is 0 Å². The van der Waals surface area contributed by atoms with Crippen molar-refractivity contribution in [2.45, 2.75) is 45.1 Å². The van der Waals surface area contributed by atoms with E-state index in [1.807, 2.05) is 12.1 Å². The van der Waals surface area contributed by atoms with Gasteiger partial charge in [-0.3, -0.25) is 4.79 Å². The highest BCUT2D eigenvalue weighted by molar-refractivity contribution is 5.79. The molecule has 21 heavy (non-hydrogen) atoms. The van der Waals surface area contributed by atoms with E-state index in [1.165, 1.54) is 18.4 Å². The molecule has 1 saturated carbocycles. The number of hydrogen-bond acceptors (Lipinski definition) is 2. The van der Waals surface area contributed by atoms with E-state index in [9.17, 15) is 4.79 Å². The molecule has 2 aliphatic rings. The van der Waals surface area contributed by atoms with E-state index < -0.39 is 0 Å². The Bertz CT molecular complexity index is 476. The molecule has 0 spiro atoms. The smallest absolute Gasteiger partial charge is 0.225 e. The first kappa shape index (κ1) is 14.6. The minimum absolute atomic E-state index is 0.105. The third-order valence-electron chi connectivity index (χ3n) is 5.03. The number of carbonyl (C=O) groups is 1. The number of aliphatic hydroxyl groups excluding tert-OH is 1. The summed E-state index contributed by atoms with van der Waals surface area (Å²) in [5.41, 5.74) is 2.27. The standard InChI is InChI=1S/C18H25NO2/c20-13-15-7-5-14(6-8-15)11-16-9-10-19(12-16)18(21)17-3-1-2-4-17/h5-8,16-17,20H,1-4,9-13H2/t16-/m1/s1. The fraction of sp³-hybridized carbons (Fsp3) is 0.611. The molecule has 1 atom stereocenters. The van der Waals surface area contributed by atoms with Crippen LogP contribution in [0.25, 0.3) is 0 Å². The van der Waals surface area contributed by atoms with E-state index in [1.54, 1.807) is 0 Å². The van der Waals surface area contributed by atoms with Crippen molar-refractivity contribution in [3.05, 3.63) is 35.4 Å². The number of likely N-dealkylation sites (tertiary alicyclic amines) is 1. The van der Waals surface area contributed by atoms with E-state index in [2.05, 4.69) is 17.0 Å². The summed E-state index contributed by atoms with van der Waals surface area (Å²) in [6, 6.07) is 8.19. The van der Waals surface area contributed by atoms with Gasteiger partial charge < -0.3 is 10.0 Å². The second-order valence-electron chi connectivity index (χ2n) is 6.60. The van der Waals surface area contributed by atoms with Gasteiger partial charge in [-0.1, -0.05) is 37.1 Å². The van der Waals surface area contributed by atoms with Gasteiger partial charge in [0.25, 0.3) is 0 Å². The predicted octanol–water partition coefficient (Wildman–Crippen LogP) is 2.76. The highest BCUT2D eigenvalue weighted by atomic mass is 16.3. The minimum Gasteiger partial charge on any atom is -0.392 e. The molecule has 1 saturated heterocycles. The maximum Gasteiger partial charge on any atom is 0.225 e. The number of amides is 1. The van der Waals surface area contributed by atoms with Gasteiger partial charge in [0, 0.05) is 19.0 Å². The Kier molecular flexibility index (Phi) is 4.59. The molecule has 0 radical (unpaired) electrons. The molecule has 1 N–H and O–H groups in total. The fourth-order valence-corrected chi connectivity index (χ4v) is 3.74. The van der Waals surface area contributed by atoms with Crippen molar-refractivity contribution >= 4 is 5.91 Å². The molecule has 1 aliphatic carbocycles. The summed E-state index contributed by atoms with van der Waals surface area (Å²) in [7, 11) is 0. The molecule has 3 nitrogen and oxygen atoms in total. The normalized spacial score (nSPS) is 22.9. The summed E-state index contributed by atoms with van der Waals surface area (Å²) in [6.07, 6.45) is 6.82. The first-order valence-electron chi connectivity index (χ1n) is 8.23. The van der Waals surface area contributed by atoms with Crippen LogP contribution in [0.3, 0.4) is 0 Å². The Hall–Kier alpha value is -1.35. The molecule has 3 rings (SSSR count). The van der Waals surface area contributed by atoms with E-state index in [0.717, 1.165) is 44.3 Å². The van der Waals surface area contributed by atoms with Crippen molar-refractivity contribution in [1.82, 2.24) is 4.90 Å². The molecule has 1 aromatic rings. The Morgan fingerprint density at radius 1 is 1.10 bits per heavy atom. The van der Waals surface area contributed by atoms with Crippen molar-refractivity contribution in [3.8, 4) is 0 Å². The lowest BCUT2D eigenvalue weighted by molar-refractivity contribution is -0.134. The third kappa shape index (κ3) is 3.46. The second-order valence-corrected chi connectivity index (χ2v) is 6.60. The number of carbonyl (C=O) groups excluding carboxylic acids is 1. The maximum absolute atomic E-state index is 12.4. The topological polar surface area (TPSA) is 40.5 Å². The minimum atomic E-state index is 0.105. The van der Waals surface area contributed by atoms with Crippen LogP contribution in [0.15, 0.2) is 24.3 Å². The van der Waals surface area contributed by atoms with Crippen molar-refractivity contribution < 1.29 is 9.90 Å². The highest BCUT2D eigenvalue weighted by Crippen LogP contribution is 2.29. The van der Waals surface area contributed by atoms with Crippen LogP contribution in [0, 0.1) is 11.8 Å². The molecule has 1 aliphatic heterocycles. The van der Waals surface area contributed by atoms with Crippen molar-refractivity contribution in [3.63, 3.8) is 0 Å². The third-order valence-corrected chi connectivity index (χ3v) is 5.03. The molecule has 1 heterocycles. The van der Waals surface area contributed by atoms with Gasteiger partial charge in [-0.15, -0.1) is 0 Å². The predicted molar refractivity (Wildman–Crippen MR) is 82.7 cm³/mol. The van der Waals surface area contributed by atoms with Crippen LogP contribution in [0.1, 0.15) is 43.2 Å². The molecular formula is C18H25NO2. The SMILES string of the molecule is O=C(C1CCCC1)N1CC[C@H](Cc2ccc(CO)cc2)C1. The van der Waals surface area contributed by atoms with Crippen LogP contribution in [0.4, 0.5) is 0 Å². The number of nitrogens with zero attached hydrogens (tertiary/aromatic N) is 1. The molecule has 3 heteroatoms. The van der Waals surface area contributed by atoms with Crippen LogP contribution in [0.5, 0.6) is 0 Å². The van der Waals surface area contributed by atoms with Crippen LogP contribution >= 0.6 is 0 Å². The van der Waals surface area contributed by atoms with Gasteiger partial charge in [0.2, 0.25) is 5.91 Å². The summed E-state index contributed by atoms with van der Waals surface area (Å²) in [5, 5.41) is 9.07. The molecule has 0 bridgehead atoms. The lowest BCUT2D eigenvalue weighted by atomic mass is 9.98. The van der Waals surface area contributed by atoms with Crippen LogP contribution < -0.4 is 0 Å². The van der Waals surface area contributed by atoms with Gasteiger partial charge >= 0.3 is 0 Å². The van der Waals surface area contributed by atoms with Gasteiger partial charge in [0.1, 0.15) is 0 Å². The summed E-state index contributed by atoms with van der Waals surface area (Å²) in [5.74, 6) is 1.31. The number of aliphatic hydroxyl groups is 1. The Morgan fingerprint density at radius 2 is 1.76 bits per heavy atom. The average Bonchev–Trinajstić information content (AvgIpc) is 3.19. The van der Waals surface area contributed by atoms with Gasteiger partial charge in [0.15, 0.2) is 0 Å². The van der Waals surface area contributed by atoms with Gasteiger partial charge in [-0.2, -0.15) is 0 Å². The fourth-order valence-electron chi connectivity index (χ4n) is 3.74. The molecule has 1 aromatic carbocycles. The summed E-state index contributed by atoms with van der Waals surface area (Å²) in [6.45, 7) is 1.97. The molecular weight excluding hydrogens is 262 g/mol. The average molecular weight is 287 g/mol. The highest BCUT2D eigenvalue weighted by Gasteiger charge is 2.32. The zero-order valence-electron chi connectivity index (χ0n) is 12.6. The van der Waals surface area contributed by atoms with E-state index in [0.29, 0.717) is 17.7 Å². The Morgan fingerprint density at radius 3 is 2.43 bits per heavy atom. The lowest BCUT2D eigenvalue weighted by Gasteiger charge is -2.20. The zero-order chi connectivity index (χ0) is 14.7. The first-order valence-corrected chi connectivity index (χ1v) is 8.23. The van der Waals surface area contributed by atoms with Crippen molar-refractivity contribution in [2.24, 2.45) is 11.8 Å². The maximum atomic E-state index is 12.4. The lowest BCUT2D eigenvalue weighted by Crippen LogP contribution is -2.33. The Labute approximate surface area is 127 Å². The van der Waals surface area contributed by atoms with Crippen LogP contribution in [-0.2, 0) is 17.8 Å². The van der Waals surface area contributed by atoms with Crippen LogP contribution in [0.2, 0.25) is 0 Å². The van der Waals surface area contributed by atoms with E-state index in [4.69, 9.17) is 5.11 Å². The molecule has 2 fully saturated rings. The molecule has 114 valence electrons. The largest absolute Gasteiger partial charge is 0.392 e. The van der Waals surface area contributed by atoms with Gasteiger partial charge in [0.05, 0.1) is 6.61 Å². The van der Waals surface area contributed by atoms with Crippen molar-refractivity contribution in [1.29, 1.82) is 0 Å². The quantitative estimate of drug-likeness (QED) is 0.925. The zero-order valence-corrected chi connectivity index (χ0v) is 12.6. The summed E-state index contributed by atoms with van der Waals surface area (Å²) in [4.78, 5) is 14.5. The van der Waals surface area contributed by atoms with Crippen molar-refractivity contribution in [2.75, 3.05) is 13.1 Å². The monoisotopic (exact) mass is 287 g/mol. The first-order chi connectivity index (χ1) is 10.3. The van der Waals surface area contributed by atoms with E-state index in [-0.39, 0.29) is 6.61 Å². The number of benzene rings is 1. The number of rotatable bonds is 4. The summed E-state index contributed by atoms with van der Waals surface area (Å²) >= 11 is 0. The van der Waals surface area contributed by atoms with Crippen LogP contribution in [-0.4, -0.2) is 29.0 Å². The Balaban J connectivity index is 1.52. The van der Waals surface area contributed by atoms with E-state index >= 15 is 0 Å². The number of hydrogen-bond donors (Lipinski definition) is 1. The summed E-state index contributed by atoms with van der Waals surface area (Å²) < 4.78 is 0. The van der Waals surface area contributed by atoms with Gasteiger partial charge in [-0.05, 0) is 42.7 Å².